The molecular formula is C23H28N2O2. The summed E-state index contributed by atoms with van der Waals surface area (Å²) in [4.78, 5) is 0. The Morgan fingerprint density at radius 2 is 1.70 bits per heavy atom. The Bertz CT molecular complexity index is 825. The van der Waals surface area contributed by atoms with Gasteiger partial charge in [0.15, 0.2) is 0 Å². The highest BCUT2D eigenvalue weighted by Gasteiger charge is 2.37. The van der Waals surface area contributed by atoms with Gasteiger partial charge in [-0.1, -0.05) is 29.4 Å². The van der Waals surface area contributed by atoms with Crippen LogP contribution in [0.5, 0.6) is 0 Å². The molecule has 2 unspecified atom stereocenters. The lowest BCUT2D eigenvalue weighted by Gasteiger charge is -2.29. The maximum absolute atomic E-state index is 6.46. The molecule has 6 rings (SSSR count). The van der Waals surface area contributed by atoms with Crippen LogP contribution in [-0.4, -0.2) is 23.3 Å². The number of nitrogens with one attached hydrogen (secondary N) is 1. The summed E-state index contributed by atoms with van der Waals surface area (Å²) in [7, 11) is 0. The minimum absolute atomic E-state index is 0.372. The summed E-state index contributed by atoms with van der Waals surface area (Å²) in [5.74, 6) is 2.35. The number of hydrogen-bond acceptors (Lipinski definition) is 4. The van der Waals surface area contributed by atoms with Crippen LogP contribution in [0.25, 0.3) is 11.3 Å². The smallest absolute Gasteiger partial charge is 0.145 e. The number of nitrogens with zero attached hydrogens (tertiary/aromatic N) is 1. The second-order valence-electron chi connectivity index (χ2n) is 9.05. The molecule has 2 aliphatic carbocycles. The van der Waals surface area contributed by atoms with Gasteiger partial charge in [0.2, 0.25) is 0 Å². The van der Waals surface area contributed by atoms with Gasteiger partial charge in [0.25, 0.3) is 0 Å². The lowest BCUT2D eigenvalue weighted by atomic mass is 9.97. The monoisotopic (exact) mass is 364 g/mol. The number of ether oxygens (including phenoxy) is 1. The second-order valence-corrected chi connectivity index (χ2v) is 9.05. The third-order valence-corrected chi connectivity index (χ3v) is 6.89. The maximum atomic E-state index is 6.46. The van der Waals surface area contributed by atoms with E-state index in [0.29, 0.717) is 36.6 Å². The molecule has 0 radical (unpaired) electrons. The summed E-state index contributed by atoms with van der Waals surface area (Å²) in [6.45, 7) is 0.647. The molecule has 1 aromatic carbocycles. The highest BCUT2D eigenvalue weighted by molar-refractivity contribution is 5.69. The molecule has 2 atom stereocenters. The number of benzene rings is 1. The number of hydrogen-bond donors (Lipinski definition) is 1. The van der Waals surface area contributed by atoms with Crippen molar-refractivity contribution in [2.45, 2.75) is 88.0 Å². The SMILES string of the molecule is c1ccc(C2CC2)c(-c2noc(C3CC3)c2COC2CC3CCC(C2)N3)c1. The minimum Gasteiger partial charge on any atom is -0.373 e. The molecule has 4 nitrogen and oxygen atoms in total. The molecular weight excluding hydrogens is 336 g/mol. The molecule has 4 heteroatoms. The zero-order chi connectivity index (χ0) is 17.8. The van der Waals surface area contributed by atoms with Gasteiger partial charge in [-0.3, -0.25) is 0 Å². The molecule has 4 aliphatic rings. The molecule has 3 heterocycles. The highest BCUT2D eigenvalue weighted by atomic mass is 16.5. The van der Waals surface area contributed by atoms with Gasteiger partial charge in [-0.2, -0.15) is 0 Å². The van der Waals surface area contributed by atoms with Crippen molar-refractivity contribution in [1.29, 1.82) is 0 Å². The van der Waals surface area contributed by atoms with Crippen LogP contribution in [0.4, 0.5) is 0 Å². The van der Waals surface area contributed by atoms with E-state index >= 15 is 0 Å². The van der Waals surface area contributed by atoms with Crippen LogP contribution >= 0.6 is 0 Å². The van der Waals surface area contributed by atoms with E-state index in [1.165, 1.54) is 55.2 Å². The Balaban J connectivity index is 1.29. The molecule has 27 heavy (non-hydrogen) atoms. The van der Waals surface area contributed by atoms with E-state index in [2.05, 4.69) is 34.7 Å². The van der Waals surface area contributed by atoms with Crippen LogP contribution in [0.15, 0.2) is 28.8 Å². The molecule has 2 bridgehead atoms. The quantitative estimate of drug-likeness (QED) is 0.792. The van der Waals surface area contributed by atoms with Crippen LogP contribution in [0.2, 0.25) is 0 Å². The van der Waals surface area contributed by atoms with Gasteiger partial charge in [0.1, 0.15) is 11.5 Å². The number of fused-ring (bicyclic) bond motifs is 2. The Morgan fingerprint density at radius 3 is 2.44 bits per heavy atom. The van der Waals surface area contributed by atoms with Crippen LogP contribution in [0, 0.1) is 0 Å². The van der Waals surface area contributed by atoms with Crippen molar-refractivity contribution >= 4 is 0 Å². The van der Waals surface area contributed by atoms with Crippen molar-refractivity contribution in [2.75, 3.05) is 0 Å². The number of aromatic nitrogens is 1. The molecule has 0 spiro atoms. The Labute approximate surface area is 160 Å². The summed E-state index contributed by atoms with van der Waals surface area (Å²) in [6, 6.07) is 10.1. The number of rotatable bonds is 6. The molecule has 2 aromatic rings. The maximum Gasteiger partial charge on any atom is 0.145 e. The molecule has 2 aliphatic heterocycles. The third-order valence-electron chi connectivity index (χ3n) is 6.89. The normalized spacial score (nSPS) is 30.0. The number of piperidine rings is 1. The van der Waals surface area contributed by atoms with Gasteiger partial charge in [0, 0.05) is 29.1 Å². The first-order valence-corrected chi connectivity index (χ1v) is 10.8. The first kappa shape index (κ1) is 16.3. The van der Waals surface area contributed by atoms with E-state index in [0.717, 1.165) is 24.3 Å². The van der Waals surface area contributed by atoms with Gasteiger partial charge in [0.05, 0.1) is 12.7 Å². The van der Waals surface area contributed by atoms with E-state index < -0.39 is 0 Å². The molecule has 1 aromatic heterocycles. The van der Waals surface area contributed by atoms with E-state index in [9.17, 15) is 0 Å². The van der Waals surface area contributed by atoms with Crippen molar-refractivity contribution in [3.8, 4) is 11.3 Å². The van der Waals surface area contributed by atoms with Crippen molar-refractivity contribution in [2.24, 2.45) is 0 Å². The molecule has 1 N–H and O–H groups in total. The van der Waals surface area contributed by atoms with Gasteiger partial charge in [-0.25, -0.2) is 0 Å². The van der Waals surface area contributed by atoms with Crippen LogP contribution in [0.1, 0.15) is 80.1 Å². The third kappa shape index (κ3) is 3.13. The highest BCUT2D eigenvalue weighted by Crippen LogP contribution is 2.48. The predicted molar refractivity (Wildman–Crippen MR) is 104 cm³/mol. The fraction of sp³-hybridized carbons (Fsp3) is 0.609. The van der Waals surface area contributed by atoms with Crippen LogP contribution in [-0.2, 0) is 11.3 Å². The minimum atomic E-state index is 0.372. The zero-order valence-corrected chi connectivity index (χ0v) is 15.8. The standard InChI is InChI=1S/C23H28N2O2/c1-2-4-20(19(3-1)14-5-6-14)22-21(23(27-25-22)15-7-8-15)13-26-18-11-16-9-10-17(12-18)24-16/h1-4,14-18,24H,5-13H2. The fourth-order valence-corrected chi connectivity index (χ4v) is 5.14. The van der Waals surface area contributed by atoms with Gasteiger partial charge in [-0.05, 0) is 62.8 Å². The lowest BCUT2D eigenvalue weighted by molar-refractivity contribution is 0.00875. The second kappa shape index (κ2) is 6.46. The Hall–Kier alpha value is -1.65. The van der Waals surface area contributed by atoms with Crippen molar-refractivity contribution in [1.82, 2.24) is 10.5 Å². The molecule has 2 saturated carbocycles. The molecule has 142 valence electrons. The molecule has 0 amide bonds. The largest absolute Gasteiger partial charge is 0.373 e. The van der Waals surface area contributed by atoms with Crippen molar-refractivity contribution in [3.63, 3.8) is 0 Å². The van der Waals surface area contributed by atoms with E-state index in [4.69, 9.17) is 9.26 Å². The zero-order valence-electron chi connectivity index (χ0n) is 15.8. The van der Waals surface area contributed by atoms with Crippen molar-refractivity contribution in [3.05, 3.63) is 41.2 Å². The van der Waals surface area contributed by atoms with Gasteiger partial charge >= 0.3 is 0 Å². The molecule has 2 saturated heterocycles. The van der Waals surface area contributed by atoms with Gasteiger partial charge < -0.3 is 14.6 Å². The van der Waals surface area contributed by atoms with E-state index in [1.54, 1.807) is 0 Å². The summed E-state index contributed by atoms with van der Waals surface area (Å²) in [6.07, 6.45) is 10.3. The average molecular weight is 364 g/mol. The van der Waals surface area contributed by atoms with Gasteiger partial charge in [-0.15, -0.1) is 0 Å². The van der Waals surface area contributed by atoms with E-state index in [1.807, 2.05) is 0 Å². The lowest BCUT2D eigenvalue weighted by Crippen LogP contribution is -2.41. The average Bonchev–Trinajstić information content (AvgIpc) is 3.62. The summed E-state index contributed by atoms with van der Waals surface area (Å²) in [5, 5.41) is 8.26. The van der Waals surface area contributed by atoms with Crippen molar-refractivity contribution < 1.29 is 9.26 Å². The fourth-order valence-electron chi connectivity index (χ4n) is 5.14. The first-order valence-electron chi connectivity index (χ1n) is 10.8. The van der Waals surface area contributed by atoms with Crippen LogP contribution in [0.3, 0.4) is 0 Å². The first-order chi connectivity index (χ1) is 13.3. The topological polar surface area (TPSA) is 47.3 Å². The predicted octanol–water partition coefficient (Wildman–Crippen LogP) is 4.90. The summed E-state index contributed by atoms with van der Waals surface area (Å²) < 4.78 is 12.3. The van der Waals surface area contributed by atoms with Crippen LogP contribution < -0.4 is 5.32 Å². The Kier molecular flexibility index (Phi) is 3.90. The summed E-state index contributed by atoms with van der Waals surface area (Å²) in [5.41, 5.74) is 4.96. The summed E-state index contributed by atoms with van der Waals surface area (Å²) >= 11 is 0. The van der Waals surface area contributed by atoms with E-state index in [-0.39, 0.29) is 0 Å². The molecule has 4 fully saturated rings. The Morgan fingerprint density at radius 1 is 0.963 bits per heavy atom.